The summed E-state index contributed by atoms with van der Waals surface area (Å²) in [5, 5.41) is 5.98. The third kappa shape index (κ3) is 6.90. The van der Waals surface area contributed by atoms with Crippen LogP contribution in [0.15, 0.2) is 119 Å². The monoisotopic (exact) mass is 822 g/mol. The summed E-state index contributed by atoms with van der Waals surface area (Å²) >= 11 is 0. The van der Waals surface area contributed by atoms with Crippen molar-refractivity contribution < 1.29 is 74.7 Å². The summed E-state index contributed by atoms with van der Waals surface area (Å²) in [7, 11) is -10.0. The van der Waals surface area contributed by atoms with E-state index >= 15 is 0 Å². The van der Waals surface area contributed by atoms with Gasteiger partial charge in [0, 0.05) is 33.6 Å². The fourth-order valence-electron chi connectivity index (χ4n) is 7.16. The second kappa shape index (κ2) is 14.8. The van der Waals surface area contributed by atoms with Gasteiger partial charge in [0.2, 0.25) is 0 Å². The fourth-order valence-corrected chi connectivity index (χ4v) is 8.44. The smallest absolute Gasteiger partial charge is 0.744 e. The topological polar surface area (TPSA) is 256 Å². The van der Waals surface area contributed by atoms with Crippen LogP contribution in [0.2, 0.25) is 0 Å². The van der Waals surface area contributed by atoms with Gasteiger partial charge in [-0.25, -0.2) is 8.42 Å². The Morgan fingerprint density at radius 3 is 1.19 bits per heavy atom. The molecule has 0 radical (unpaired) electrons. The normalized spacial score (nSPS) is 13.1. The van der Waals surface area contributed by atoms with E-state index in [1.165, 1.54) is 24.3 Å². The van der Waals surface area contributed by atoms with E-state index in [1.807, 2.05) is 0 Å². The number of hydrogen-bond acceptors (Lipinski definition) is 13. The van der Waals surface area contributed by atoms with Crippen molar-refractivity contribution in [3.05, 3.63) is 165 Å². The molecule has 2 aliphatic rings. The maximum Gasteiger partial charge on any atom is 1.00 e. The van der Waals surface area contributed by atoms with E-state index in [2.05, 4.69) is 10.6 Å². The first kappa shape index (κ1) is 40.2. The number of rotatable bonds is 8. The summed E-state index contributed by atoms with van der Waals surface area (Å²) < 4.78 is 71.0. The maximum absolute atomic E-state index is 13.6. The van der Waals surface area contributed by atoms with E-state index in [9.17, 15) is 45.1 Å². The second-order valence-corrected chi connectivity index (χ2v) is 16.1. The molecule has 0 heterocycles. The molecule has 0 saturated carbocycles. The average molecular weight is 823 g/mol. The molecule has 0 atom stereocenters. The number of carbonyl (C=O) groups excluding carboxylic acids is 4. The zero-order valence-electron chi connectivity index (χ0n) is 30.2. The minimum absolute atomic E-state index is 0. The van der Waals surface area contributed by atoms with Crippen molar-refractivity contribution in [1.29, 1.82) is 0 Å². The molecule has 58 heavy (non-hydrogen) atoms. The van der Waals surface area contributed by atoms with E-state index in [1.54, 1.807) is 72.8 Å². The molecule has 8 rings (SSSR count). The first-order chi connectivity index (χ1) is 27.0. The van der Waals surface area contributed by atoms with Gasteiger partial charge in [0.1, 0.15) is 15.0 Å². The van der Waals surface area contributed by atoms with Crippen LogP contribution in [0.3, 0.4) is 0 Å². The minimum atomic E-state index is -5.14. The Morgan fingerprint density at radius 2 is 0.845 bits per heavy atom. The predicted molar refractivity (Wildman–Crippen MR) is 208 cm³/mol. The summed E-state index contributed by atoms with van der Waals surface area (Å²) in [4.78, 5) is 52.6. The number of hydrogen-bond donors (Lipinski definition) is 5. The van der Waals surface area contributed by atoms with Crippen molar-refractivity contribution in [3.8, 4) is 0 Å². The molecule has 0 aromatic heterocycles. The molecular formula is C41H27N4NaO10S2. The summed E-state index contributed by atoms with van der Waals surface area (Å²) in [5.41, 5.74) is 12.7. The van der Waals surface area contributed by atoms with E-state index in [0.717, 1.165) is 23.3 Å². The number of nitrogens with one attached hydrogen (secondary N) is 2. The van der Waals surface area contributed by atoms with Gasteiger partial charge in [-0.05, 0) is 53.9 Å². The van der Waals surface area contributed by atoms with Gasteiger partial charge in [0.25, 0.3) is 10.1 Å². The van der Waals surface area contributed by atoms with Gasteiger partial charge < -0.3 is 26.7 Å². The molecule has 284 valence electrons. The van der Waals surface area contributed by atoms with Gasteiger partial charge >= 0.3 is 29.6 Å². The second-order valence-electron chi connectivity index (χ2n) is 13.3. The standard InChI is InChI=1S/C41H28N4O10S2.Na/c42-36-30(56(50,51)52)18-28(32-34(36)40(48)26-7-3-1-5-24(26)38(32)46)44-22-13-9-20(10-14-22)17-21-11-15-23(16-12-21)45-29-19-31(57(53,54)55)37(43)35-33(29)39(47)25-6-2-4-8-27(25)41(35)49;/h1-16,18-19,44-45H,17,42-43H2,(H,50,51,52)(H,53,54,55);/q;+1/p-1. The van der Waals surface area contributed by atoms with E-state index in [4.69, 9.17) is 11.5 Å². The van der Waals surface area contributed by atoms with Crippen LogP contribution in [-0.2, 0) is 26.7 Å². The molecule has 0 amide bonds. The number of ketones is 4. The molecule has 14 nitrogen and oxygen atoms in total. The van der Waals surface area contributed by atoms with Crippen LogP contribution in [0.1, 0.15) is 74.8 Å². The molecule has 0 fully saturated rings. The van der Waals surface area contributed by atoms with Crippen LogP contribution in [0, 0.1) is 0 Å². The van der Waals surface area contributed by atoms with Crippen molar-refractivity contribution in [2.45, 2.75) is 16.2 Å². The number of nitrogen functional groups attached to an aromatic ring is 2. The summed E-state index contributed by atoms with van der Waals surface area (Å²) in [5.74, 6) is -2.47. The molecule has 2 aliphatic carbocycles. The summed E-state index contributed by atoms with van der Waals surface area (Å²) in [6.45, 7) is 0. The Labute approximate surface area is 353 Å². The third-order valence-corrected chi connectivity index (χ3v) is 11.6. The number of carbonyl (C=O) groups is 4. The molecule has 7 N–H and O–H groups in total. The van der Waals surface area contributed by atoms with Crippen LogP contribution in [0.4, 0.5) is 34.1 Å². The summed E-state index contributed by atoms with van der Waals surface area (Å²) in [6.07, 6.45) is 0.425. The van der Waals surface area contributed by atoms with Crippen LogP contribution < -0.4 is 51.7 Å². The van der Waals surface area contributed by atoms with Crippen molar-refractivity contribution in [2.24, 2.45) is 0 Å². The number of nitrogens with two attached hydrogens (primary N) is 2. The molecule has 0 spiro atoms. The Morgan fingerprint density at radius 1 is 0.517 bits per heavy atom. The van der Waals surface area contributed by atoms with E-state index in [-0.39, 0.29) is 85.4 Å². The molecule has 0 unspecified atom stereocenters. The Bertz CT molecular complexity index is 2820. The Kier molecular flexibility index (Phi) is 10.2. The average Bonchev–Trinajstić information content (AvgIpc) is 3.17. The molecule has 0 bridgehead atoms. The zero-order valence-corrected chi connectivity index (χ0v) is 33.8. The maximum atomic E-state index is 13.6. The van der Waals surface area contributed by atoms with Gasteiger partial charge in [-0.1, -0.05) is 72.8 Å². The van der Waals surface area contributed by atoms with Crippen molar-refractivity contribution in [1.82, 2.24) is 0 Å². The first-order valence-corrected chi connectivity index (χ1v) is 19.8. The van der Waals surface area contributed by atoms with Crippen LogP contribution in [0.25, 0.3) is 0 Å². The number of fused-ring (bicyclic) bond motifs is 4. The van der Waals surface area contributed by atoms with E-state index in [0.29, 0.717) is 17.8 Å². The Hall–Kier alpha value is -5.98. The SMILES string of the molecule is Nc1c(S(=O)(=O)[O-])cc(Nc2ccc(Cc3ccc(Nc4cc(S(=O)(=O)O)c(N)c5c4C(=O)c4ccccc4C5=O)cc3)cc2)c2c1C(=O)c1ccccc1C2=O.[Na+]. The van der Waals surface area contributed by atoms with Gasteiger partial charge in [-0.15, -0.1) is 0 Å². The molecule has 6 aromatic rings. The first-order valence-electron chi connectivity index (χ1n) is 17.0. The van der Waals surface area contributed by atoms with Crippen molar-refractivity contribution in [3.63, 3.8) is 0 Å². The zero-order chi connectivity index (χ0) is 40.6. The number of benzene rings is 6. The molecular weight excluding hydrogens is 796 g/mol. The van der Waals surface area contributed by atoms with Crippen molar-refractivity contribution >= 4 is 77.5 Å². The minimum Gasteiger partial charge on any atom is -0.744 e. The van der Waals surface area contributed by atoms with Gasteiger partial charge in [0.05, 0.1) is 49.9 Å². The molecule has 0 aliphatic heterocycles. The van der Waals surface area contributed by atoms with Crippen LogP contribution in [0.5, 0.6) is 0 Å². The van der Waals surface area contributed by atoms with Gasteiger partial charge in [-0.2, -0.15) is 8.42 Å². The fraction of sp³-hybridized carbons (Fsp3) is 0.0244. The van der Waals surface area contributed by atoms with Gasteiger partial charge in [-0.3, -0.25) is 23.7 Å². The molecule has 6 aromatic carbocycles. The summed E-state index contributed by atoms with van der Waals surface area (Å²) in [6, 6.07) is 27.8. The largest absolute Gasteiger partial charge is 1.00 e. The quantitative estimate of drug-likeness (QED) is 0.0840. The molecule has 0 saturated heterocycles. The Balaban J connectivity index is 0.00000512. The number of anilines is 6. The third-order valence-electron chi connectivity index (χ3n) is 9.82. The molecule has 17 heteroatoms. The van der Waals surface area contributed by atoms with Crippen LogP contribution >= 0.6 is 0 Å². The van der Waals surface area contributed by atoms with Crippen LogP contribution in [-0.4, -0.2) is 49.1 Å². The van der Waals surface area contributed by atoms with Gasteiger partial charge in [0.15, 0.2) is 23.1 Å². The van der Waals surface area contributed by atoms with E-state index < -0.39 is 64.5 Å². The van der Waals surface area contributed by atoms with Crippen molar-refractivity contribution in [2.75, 3.05) is 22.1 Å². The predicted octanol–water partition coefficient (Wildman–Crippen LogP) is 2.63.